The summed E-state index contributed by atoms with van der Waals surface area (Å²) in [4.78, 5) is 10.3. The SMILES string of the molecule is O=C(O)CC(Cl)Cc1ccc(Cl)cc1. The van der Waals surface area contributed by atoms with Crippen molar-refractivity contribution in [3.63, 3.8) is 0 Å². The number of alkyl halides is 1. The molecule has 14 heavy (non-hydrogen) atoms. The molecule has 0 spiro atoms. The fourth-order valence-corrected chi connectivity index (χ4v) is 1.57. The van der Waals surface area contributed by atoms with Crippen molar-refractivity contribution in [2.75, 3.05) is 0 Å². The first-order valence-electron chi connectivity index (χ1n) is 4.18. The Bertz CT molecular complexity index is 308. The van der Waals surface area contributed by atoms with Gasteiger partial charge in [0, 0.05) is 10.4 Å². The third kappa shape index (κ3) is 3.99. The molecule has 4 heteroatoms. The molecule has 0 aromatic heterocycles. The van der Waals surface area contributed by atoms with Gasteiger partial charge in [0.25, 0.3) is 0 Å². The van der Waals surface area contributed by atoms with Crippen molar-refractivity contribution in [3.8, 4) is 0 Å². The zero-order valence-electron chi connectivity index (χ0n) is 7.41. The number of carboxylic acids is 1. The van der Waals surface area contributed by atoms with E-state index in [1.807, 2.05) is 12.1 Å². The first-order valence-corrected chi connectivity index (χ1v) is 4.99. The highest BCUT2D eigenvalue weighted by Gasteiger charge is 2.10. The second-order valence-corrected chi connectivity index (χ2v) is 4.08. The molecule has 1 N–H and O–H groups in total. The maximum Gasteiger partial charge on any atom is 0.304 e. The second-order valence-electron chi connectivity index (χ2n) is 3.03. The Labute approximate surface area is 92.5 Å². The number of rotatable bonds is 4. The average molecular weight is 233 g/mol. The number of hydrogen-bond donors (Lipinski definition) is 1. The molecule has 0 heterocycles. The summed E-state index contributed by atoms with van der Waals surface area (Å²) in [7, 11) is 0. The van der Waals surface area contributed by atoms with Crippen molar-refractivity contribution in [1.29, 1.82) is 0 Å². The molecule has 76 valence electrons. The molecule has 1 aromatic rings. The van der Waals surface area contributed by atoms with Gasteiger partial charge in [0.2, 0.25) is 0 Å². The quantitative estimate of drug-likeness (QED) is 0.811. The van der Waals surface area contributed by atoms with Crippen LogP contribution in [0.3, 0.4) is 0 Å². The highest BCUT2D eigenvalue weighted by Crippen LogP contribution is 2.14. The summed E-state index contributed by atoms with van der Waals surface area (Å²) >= 11 is 11.5. The average Bonchev–Trinajstić information content (AvgIpc) is 2.07. The van der Waals surface area contributed by atoms with Crippen LogP contribution < -0.4 is 0 Å². The minimum atomic E-state index is -0.876. The number of aliphatic carboxylic acids is 1. The third-order valence-electron chi connectivity index (χ3n) is 1.77. The monoisotopic (exact) mass is 232 g/mol. The Balaban J connectivity index is 2.51. The van der Waals surface area contributed by atoms with Crippen molar-refractivity contribution in [2.45, 2.75) is 18.2 Å². The Morgan fingerprint density at radius 3 is 2.43 bits per heavy atom. The van der Waals surface area contributed by atoms with E-state index in [-0.39, 0.29) is 11.8 Å². The van der Waals surface area contributed by atoms with Crippen LogP contribution in [0.25, 0.3) is 0 Å². The molecule has 0 aliphatic heterocycles. The normalized spacial score (nSPS) is 12.4. The van der Waals surface area contributed by atoms with Gasteiger partial charge in [0.15, 0.2) is 0 Å². The van der Waals surface area contributed by atoms with E-state index < -0.39 is 5.97 Å². The molecule has 0 aliphatic rings. The van der Waals surface area contributed by atoms with Crippen LogP contribution in [0, 0.1) is 0 Å². The van der Waals surface area contributed by atoms with Crippen molar-refractivity contribution >= 4 is 29.2 Å². The van der Waals surface area contributed by atoms with Gasteiger partial charge in [-0.3, -0.25) is 4.79 Å². The molecular weight excluding hydrogens is 223 g/mol. The summed E-state index contributed by atoms with van der Waals surface area (Å²) in [6.45, 7) is 0. The number of carbonyl (C=O) groups is 1. The minimum absolute atomic E-state index is 0.0236. The van der Waals surface area contributed by atoms with Crippen molar-refractivity contribution in [1.82, 2.24) is 0 Å². The van der Waals surface area contributed by atoms with Crippen molar-refractivity contribution in [2.24, 2.45) is 0 Å². The van der Waals surface area contributed by atoms with Crippen molar-refractivity contribution in [3.05, 3.63) is 34.9 Å². The summed E-state index contributed by atoms with van der Waals surface area (Å²) in [5, 5.41) is 8.80. The Morgan fingerprint density at radius 2 is 1.93 bits per heavy atom. The molecule has 0 bridgehead atoms. The predicted molar refractivity (Wildman–Crippen MR) is 57.0 cm³/mol. The number of halogens is 2. The molecule has 1 unspecified atom stereocenters. The highest BCUT2D eigenvalue weighted by molar-refractivity contribution is 6.30. The molecule has 0 saturated carbocycles. The Hall–Kier alpha value is -0.730. The van der Waals surface area contributed by atoms with E-state index in [4.69, 9.17) is 28.3 Å². The zero-order chi connectivity index (χ0) is 10.6. The Morgan fingerprint density at radius 1 is 1.36 bits per heavy atom. The lowest BCUT2D eigenvalue weighted by Crippen LogP contribution is -2.09. The van der Waals surface area contributed by atoms with Crippen LogP contribution in [0.2, 0.25) is 5.02 Å². The van der Waals surface area contributed by atoms with Crippen LogP contribution in [0.5, 0.6) is 0 Å². The van der Waals surface area contributed by atoms with Gasteiger partial charge in [-0.05, 0) is 24.1 Å². The summed E-state index contributed by atoms with van der Waals surface area (Å²) in [6.07, 6.45) is 0.523. The molecule has 2 nitrogen and oxygen atoms in total. The Kier molecular flexibility index (Phi) is 4.23. The maximum absolute atomic E-state index is 10.3. The molecule has 1 rings (SSSR count). The smallest absolute Gasteiger partial charge is 0.304 e. The molecule has 0 fully saturated rings. The molecular formula is C10H10Cl2O2. The first-order chi connectivity index (χ1) is 6.58. The lowest BCUT2D eigenvalue weighted by Gasteiger charge is -2.06. The van der Waals surface area contributed by atoms with Gasteiger partial charge in [-0.2, -0.15) is 0 Å². The molecule has 1 atom stereocenters. The zero-order valence-corrected chi connectivity index (χ0v) is 8.92. The van der Waals surface area contributed by atoms with Gasteiger partial charge < -0.3 is 5.11 Å². The van der Waals surface area contributed by atoms with E-state index in [1.165, 1.54) is 0 Å². The van der Waals surface area contributed by atoms with Gasteiger partial charge in [-0.15, -0.1) is 11.6 Å². The standard InChI is InChI=1S/C10H10Cl2O2/c11-8-3-1-7(2-4-8)5-9(12)6-10(13)14/h1-4,9H,5-6H2,(H,13,14). The largest absolute Gasteiger partial charge is 0.481 e. The molecule has 0 aliphatic carbocycles. The van der Waals surface area contributed by atoms with E-state index >= 15 is 0 Å². The third-order valence-corrected chi connectivity index (χ3v) is 2.33. The van der Waals surface area contributed by atoms with Gasteiger partial charge in [-0.25, -0.2) is 0 Å². The molecule has 0 saturated heterocycles. The van der Waals surface area contributed by atoms with Crippen LogP contribution in [-0.4, -0.2) is 16.5 Å². The van der Waals surface area contributed by atoms with Gasteiger partial charge in [-0.1, -0.05) is 23.7 Å². The lowest BCUT2D eigenvalue weighted by atomic mass is 10.1. The van der Waals surface area contributed by atoms with Crippen LogP contribution in [0.1, 0.15) is 12.0 Å². The summed E-state index contributed by atoms with van der Waals surface area (Å²) < 4.78 is 0. The van der Waals surface area contributed by atoms with Gasteiger partial charge in [0.05, 0.1) is 6.42 Å². The van der Waals surface area contributed by atoms with E-state index in [9.17, 15) is 4.79 Å². The van der Waals surface area contributed by atoms with Crippen LogP contribution in [0.4, 0.5) is 0 Å². The van der Waals surface area contributed by atoms with E-state index in [0.717, 1.165) is 5.56 Å². The van der Waals surface area contributed by atoms with E-state index in [2.05, 4.69) is 0 Å². The van der Waals surface area contributed by atoms with Gasteiger partial charge in [0.1, 0.15) is 0 Å². The minimum Gasteiger partial charge on any atom is -0.481 e. The van der Waals surface area contributed by atoms with Crippen molar-refractivity contribution < 1.29 is 9.90 Å². The van der Waals surface area contributed by atoms with Crippen LogP contribution in [0.15, 0.2) is 24.3 Å². The van der Waals surface area contributed by atoms with E-state index in [0.29, 0.717) is 11.4 Å². The van der Waals surface area contributed by atoms with Crippen LogP contribution in [-0.2, 0) is 11.2 Å². The predicted octanol–water partition coefficient (Wildman–Crippen LogP) is 2.96. The summed E-state index contributed by atoms with van der Waals surface area (Å²) in [5.74, 6) is -0.876. The number of hydrogen-bond acceptors (Lipinski definition) is 1. The number of benzene rings is 1. The molecule has 0 amide bonds. The fraction of sp³-hybridized carbons (Fsp3) is 0.300. The highest BCUT2D eigenvalue weighted by atomic mass is 35.5. The van der Waals surface area contributed by atoms with Crippen LogP contribution >= 0.6 is 23.2 Å². The van der Waals surface area contributed by atoms with Gasteiger partial charge >= 0.3 is 5.97 Å². The first kappa shape index (κ1) is 11.3. The molecule has 0 radical (unpaired) electrons. The second kappa shape index (κ2) is 5.23. The maximum atomic E-state index is 10.3. The molecule has 1 aromatic carbocycles. The topological polar surface area (TPSA) is 37.3 Å². The summed E-state index contributed by atoms with van der Waals surface area (Å²) in [5.41, 5.74) is 0.996. The fourth-order valence-electron chi connectivity index (χ4n) is 1.14. The van der Waals surface area contributed by atoms with E-state index in [1.54, 1.807) is 12.1 Å². The summed E-state index contributed by atoms with van der Waals surface area (Å²) in [6, 6.07) is 7.22. The number of carboxylic acid groups (broad SMARTS) is 1. The lowest BCUT2D eigenvalue weighted by molar-refractivity contribution is -0.137.